The third-order valence-electron chi connectivity index (χ3n) is 3.16. The number of rotatable bonds is 7. The molecule has 0 bridgehead atoms. The van der Waals surface area contributed by atoms with E-state index >= 15 is 0 Å². The van der Waals surface area contributed by atoms with E-state index in [-0.39, 0.29) is 18.4 Å². The molecule has 1 heterocycles. The van der Waals surface area contributed by atoms with Gasteiger partial charge in [0.25, 0.3) is 0 Å². The van der Waals surface area contributed by atoms with Crippen LogP contribution < -0.4 is 5.32 Å². The maximum Gasteiger partial charge on any atom is 0.373 e. The first kappa shape index (κ1) is 15.3. The Bertz CT molecular complexity index is 565. The summed E-state index contributed by atoms with van der Waals surface area (Å²) in [6.07, 6.45) is 0.724. The molecule has 0 spiro atoms. The third-order valence-corrected chi connectivity index (χ3v) is 3.16. The number of esters is 1. The molecule has 0 unspecified atom stereocenters. The van der Waals surface area contributed by atoms with E-state index in [1.54, 1.807) is 12.1 Å². The summed E-state index contributed by atoms with van der Waals surface area (Å²) in [5.74, 6) is 0.309. The summed E-state index contributed by atoms with van der Waals surface area (Å²) in [5.41, 5.74) is 1.15. The summed E-state index contributed by atoms with van der Waals surface area (Å²) < 4.78 is 9.95. The highest BCUT2D eigenvalue weighted by Gasteiger charge is 2.13. The van der Waals surface area contributed by atoms with E-state index in [9.17, 15) is 9.90 Å². The molecule has 2 N–H and O–H groups in total. The lowest BCUT2D eigenvalue weighted by Crippen LogP contribution is -2.33. The van der Waals surface area contributed by atoms with Crippen molar-refractivity contribution in [3.8, 4) is 0 Å². The van der Waals surface area contributed by atoms with Gasteiger partial charge >= 0.3 is 5.97 Å². The Morgan fingerprint density at radius 2 is 2.05 bits per heavy atom. The fraction of sp³-hybridized carbons (Fsp3) is 0.312. The van der Waals surface area contributed by atoms with Gasteiger partial charge in [0.2, 0.25) is 5.76 Å². The molecule has 0 aliphatic carbocycles. The average molecular weight is 289 g/mol. The SMILES string of the molecule is COC(=O)c1ccc(CN[C@@H](CO)Cc2ccccc2)o1. The fourth-order valence-corrected chi connectivity index (χ4v) is 2.03. The number of aliphatic hydroxyl groups excluding tert-OH is 1. The molecule has 1 aromatic heterocycles. The van der Waals surface area contributed by atoms with Gasteiger partial charge in [-0.15, -0.1) is 0 Å². The van der Waals surface area contributed by atoms with Gasteiger partial charge in [0.05, 0.1) is 20.3 Å². The zero-order valence-electron chi connectivity index (χ0n) is 11.9. The molecule has 1 atom stereocenters. The number of furan rings is 1. The molecule has 0 saturated heterocycles. The van der Waals surface area contributed by atoms with Crippen molar-refractivity contribution in [1.82, 2.24) is 5.32 Å². The van der Waals surface area contributed by atoms with E-state index in [1.807, 2.05) is 30.3 Å². The van der Waals surface area contributed by atoms with Crippen LogP contribution in [0.15, 0.2) is 46.9 Å². The van der Waals surface area contributed by atoms with Crippen LogP contribution in [0.25, 0.3) is 0 Å². The Hall–Kier alpha value is -2.11. The highest BCUT2D eigenvalue weighted by atomic mass is 16.5. The molecule has 0 radical (unpaired) electrons. The van der Waals surface area contributed by atoms with Crippen molar-refractivity contribution in [3.63, 3.8) is 0 Å². The maximum atomic E-state index is 11.3. The molecular formula is C16H19NO4. The number of carbonyl (C=O) groups excluding carboxylic acids is 1. The minimum absolute atomic E-state index is 0.0272. The smallest absolute Gasteiger partial charge is 0.373 e. The number of ether oxygens (including phenoxy) is 1. The molecule has 1 aromatic carbocycles. The number of nitrogens with one attached hydrogen (secondary N) is 1. The molecular weight excluding hydrogens is 270 g/mol. The largest absolute Gasteiger partial charge is 0.463 e. The Labute approximate surface area is 123 Å². The van der Waals surface area contributed by atoms with Crippen molar-refractivity contribution in [2.45, 2.75) is 19.0 Å². The maximum absolute atomic E-state index is 11.3. The Kier molecular flexibility index (Phi) is 5.54. The second kappa shape index (κ2) is 7.61. The van der Waals surface area contributed by atoms with E-state index < -0.39 is 5.97 Å². The van der Waals surface area contributed by atoms with Crippen LogP contribution in [0.4, 0.5) is 0 Å². The molecule has 2 rings (SSSR count). The van der Waals surface area contributed by atoms with Crippen molar-refractivity contribution in [2.75, 3.05) is 13.7 Å². The van der Waals surface area contributed by atoms with Crippen LogP contribution in [0.1, 0.15) is 21.9 Å². The Morgan fingerprint density at radius 1 is 1.29 bits per heavy atom. The Balaban J connectivity index is 1.88. The van der Waals surface area contributed by atoms with Gasteiger partial charge in [-0.2, -0.15) is 0 Å². The summed E-state index contributed by atoms with van der Waals surface area (Å²) in [4.78, 5) is 11.3. The number of hydrogen-bond acceptors (Lipinski definition) is 5. The standard InChI is InChI=1S/C16H19NO4/c1-20-16(19)15-8-7-14(21-15)10-17-13(11-18)9-12-5-3-2-4-6-12/h2-8,13,17-18H,9-11H2,1H3/t13-/m1/s1. The van der Waals surface area contributed by atoms with Gasteiger partial charge in [-0.25, -0.2) is 4.79 Å². The number of hydrogen-bond donors (Lipinski definition) is 2. The first-order chi connectivity index (χ1) is 10.2. The number of aliphatic hydroxyl groups is 1. The van der Waals surface area contributed by atoms with Crippen LogP contribution in [0.2, 0.25) is 0 Å². The predicted molar refractivity (Wildman–Crippen MR) is 77.9 cm³/mol. The lowest BCUT2D eigenvalue weighted by atomic mass is 10.1. The number of benzene rings is 1. The third kappa shape index (κ3) is 4.44. The topological polar surface area (TPSA) is 71.7 Å². The van der Waals surface area contributed by atoms with Gasteiger partial charge in [-0.1, -0.05) is 30.3 Å². The number of methoxy groups -OCH3 is 1. The zero-order valence-corrected chi connectivity index (χ0v) is 11.9. The van der Waals surface area contributed by atoms with Gasteiger partial charge in [0, 0.05) is 6.04 Å². The second-order valence-corrected chi connectivity index (χ2v) is 4.71. The highest BCUT2D eigenvalue weighted by molar-refractivity contribution is 5.86. The molecule has 0 aliphatic heterocycles. The quantitative estimate of drug-likeness (QED) is 0.760. The lowest BCUT2D eigenvalue weighted by molar-refractivity contribution is 0.0562. The molecule has 112 valence electrons. The number of carbonyl (C=O) groups is 1. The summed E-state index contributed by atoms with van der Waals surface area (Å²) in [7, 11) is 1.31. The monoisotopic (exact) mass is 289 g/mol. The van der Waals surface area contributed by atoms with Gasteiger partial charge < -0.3 is 19.6 Å². The molecule has 0 fully saturated rings. The first-order valence-electron chi connectivity index (χ1n) is 6.78. The second-order valence-electron chi connectivity index (χ2n) is 4.71. The Morgan fingerprint density at radius 3 is 2.71 bits per heavy atom. The van der Waals surface area contributed by atoms with Crippen molar-refractivity contribution >= 4 is 5.97 Å². The molecule has 0 saturated carbocycles. The molecule has 21 heavy (non-hydrogen) atoms. The normalized spacial score (nSPS) is 12.1. The van der Waals surface area contributed by atoms with Crippen molar-refractivity contribution in [2.24, 2.45) is 0 Å². The van der Waals surface area contributed by atoms with Crippen LogP contribution in [-0.2, 0) is 17.7 Å². The predicted octanol–water partition coefficient (Wildman–Crippen LogP) is 1.76. The van der Waals surface area contributed by atoms with Crippen molar-refractivity contribution in [1.29, 1.82) is 0 Å². The summed E-state index contributed by atoms with van der Waals surface area (Å²) in [5, 5.41) is 12.6. The molecule has 0 amide bonds. The summed E-state index contributed by atoms with van der Waals surface area (Å²) in [6.45, 7) is 0.467. The van der Waals surface area contributed by atoms with E-state index in [2.05, 4.69) is 10.1 Å². The minimum Gasteiger partial charge on any atom is -0.463 e. The van der Waals surface area contributed by atoms with E-state index in [1.165, 1.54) is 7.11 Å². The average Bonchev–Trinajstić information content (AvgIpc) is 3.00. The minimum atomic E-state index is -0.496. The highest BCUT2D eigenvalue weighted by Crippen LogP contribution is 2.10. The molecule has 5 nitrogen and oxygen atoms in total. The van der Waals surface area contributed by atoms with Crippen LogP contribution in [-0.4, -0.2) is 30.8 Å². The fourth-order valence-electron chi connectivity index (χ4n) is 2.03. The lowest BCUT2D eigenvalue weighted by Gasteiger charge is -2.15. The van der Waals surface area contributed by atoms with Crippen LogP contribution in [0.3, 0.4) is 0 Å². The first-order valence-corrected chi connectivity index (χ1v) is 6.78. The van der Waals surface area contributed by atoms with E-state index in [0.717, 1.165) is 12.0 Å². The van der Waals surface area contributed by atoms with Crippen LogP contribution >= 0.6 is 0 Å². The van der Waals surface area contributed by atoms with Gasteiger partial charge in [0.15, 0.2) is 0 Å². The summed E-state index contributed by atoms with van der Waals surface area (Å²) >= 11 is 0. The zero-order chi connectivity index (χ0) is 15.1. The molecule has 0 aliphatic rings. The molecule has 5 heteroatoms. The van der Waals surface area contributed by atoms with Crippen molar-refractivity contribution < 1.29 is 19.1 Å². The summed E-state index contributed by atoms with van der Waals surface area (Å²) in [6, 6.07) is 13.2. The van der Waals surface area contributed by atoms with Gasteiger partial charge in [-0.05, 0) is 24.1 Å². The van der Waals surface area contributed by atoms with Gasteiger partial charge in [0.1, 0.15) is 5.76 Å². The van der Waals surface area contributed by atoms with Gasteiger partial charge in [-0.3, -0.25) is 0 Å². The molecule has 2 aromatic rings. The van der Waals surface area contributed by atoms with Crippen molar-refractivity contribution in [3.05, 3.63) is 59.5 Å². The van der Waals surface area contributed by atoms with Crippen LogP contribution in [0, 0.1) is 0 Å². The van der Waals surface area contributed by atoms with E-state index in [0.29, 0.717) is 12.3 Å². The van der Waals surface area contributed by atoms with Crippen LogP contribution in [0.5, 0.6) is 0 Å². The van der Waals surface area contributed by atoms with E-state index in [4.69, 9.17) is 4.42 Å².